The maximum absolute atomic E-state index is 11.8. The lowest BCUT2D eigenvalue weighted by Crippen LogP contribution is -2.50. The van der Waals surface area contributed by atoms with Crippen molar-refractivity contribution in [1.29, 1.82) is 0 Å². The largest absolute Gasteiger partial charge is 0.481 e. The average Bonchev–Trinajstić information content (AvgIpc) is 2.29. The van der Waals surface area contributed by atoms with Crippen LogP contribution in [0, 0.1) is 5.92 Å². The van der Waals surface area contributed by atoms with Gasteiger partial charge < -0.3 is 10.4 Å². The Hall–Kier alpha value is -1.40. The lowest BCUT2D eigenvalue weighted by Gasteiger charge is -2.37. The molecule has 0 atom stereocenters. The molecule has 1 fully saturated rings. The number of carbonyl (C=O) groups is 2. The first-order chi connectivity index (χ1) is 9.04. The number of carbonyl (C=O) groups excluding carboxylic acids is 1. The molecule has 0 radical (unpaired) electrons. The first kappa shape index (κ1) is 14.0. The van der Waals surface area contributed by atoms with E-state index in [0.717, 1.165) is 10.2 Å². The topological polar surface area (TPSA) is 69.6 Å². The Bertz CT molecular complexity index is 487. The minimum atomic E-state index is -0.776. The fourth-order valence-electron chi connectivity index (χ4n) is 2.14. The molecule has 0 aliphatic carbocycles. The van der Waals surface area contributed by atoms with Gasteiger partial charge in [-0.15, -0.1) is 0 Å². The molecule has 2 N–H and O–H groups in total. The summed E-state index contributed by atoms with van der Waals surface area (Å²) in [5.74, 6) is -0.684. The minimum absolute atomic E-state index is 0.0827. The number of rotatable bonds is 5. The van der Waals surface area contributed by atoms with Gasteiger partial charge in [0.1, 0.15) is 0 Å². The third kappa shape index (κ3) is 4.04. The smallest absolute Gasteiger partial charge is 0.303 e. The summed E-state index contributed by atoms with van der Waals surface area (Å²) in [5.41, 5.74) is 0.745. The average molecular weight is 327 g/mol. The van der Waals surface area contributed by atoms with E-state index in [1.807, 2.05) is 29.2 Å². The number of hydrogen-bond donors (Lipinski definition) is 2. The monoisotopic (exact) mass is 326 g/mol. The van der Waals surface area contributed by atoms with E-state index in [1.165, 1.54) is 0 Å². The van der Waals surface area contributed by atoms with Crippen molar-refractivity contribution in [2.45, 2.75) is 6.42 Å². The van der Waals surface area contributed by atoms with Gasteiger partial charge in [-0.1, -0.05) is 12.1 Å². The second-order valence-electron chi connectivity index (χ2n) is 4.69. The molecule has 0 saturated carbocycles. The number of halogens is 1. The molecule has 2 rings (SSSR count). The van der Waals surface area contributed by atoms with Crippen LogP contribution >= 0.6 is 15.9 Å². The molecule has 102 valence electrons. The van der Waals surface area contributed by atoms with Crippen molar-refractivity contribution in [3.8, 4) is 0 Å². The van der Waals surface area contributed by atoms with Gasteiger partial charge in [-0.05, 0) is 34.0 Å². The summed E-state index contributed by atoms with van der Waals surface area (Å²) in [6, 6.07) is 7.42. The Kier molecular flexibility index (Phi) is 4.55. The molecule has 0 bridgehead atoms. The van der Waals surface area contributed by atoms with Gasteiger partial charge in [0.25, 0.3) is 0 Å². The number of carboxylic acids is 1. The molecule has 1 aromatic carbocycles. The number of carboxylic acid groups (broad SMARTS) is 1. The van der Waals surface area contributed by atoms with Crippen molar-refractivity contribution in [3.63, 3.8) is 0 Å². The third-order valence-corrected chi connectivity index (χ3v) is 3.70. The second kappa shape index (κ2) is 6.16. The van der Waals surface area contributed by atoms with Gasteiger partial charge in [0, 0.05) is 17.6 Å². The molecule has 0 unspecified atom stereocenters. The van der Waals surface area contributed by atoms with E-state index in [0.29, 0.717) is 19.6 Å². The summed E-state index contributed by atoms with van der Waals surface area (Å²) in [5, 5.41) is 11.5. The van der Waals surface area contributed by atoms with Crippen molar-refractivity contribution in [2.24, 2.45) is 5.92 Å². The van der Waals surface area contributed by atoms with Gasteiger partial charge in [0.05, 0.1) is 18.7 Å². The molecule has 1 saturated heterocycles. The van der Waals surface area contributed by atoms with Gasteiger partial charge in [0.2, 0.25) is 5.91 Å². The number of hydrogen-bond acceptors (Lipinski definition) is 3. The summed E-state index contributed by atoms with van der Waals surface area (Å²) in [4.78, 5) is 24.3. The quantitative estimate of drug-likeness (QED) is 0.865. The Morgan fingerprint density at radius 2 is 2.05 bits per heavy atom. The van der Waals surface area contributed by atoms with E-state index in [9.17, 15) is 9.59 Å². The second-order valence-corrected chi connectivity index (χ2v) is 5.54. The lowest BCUT2D eigenvalue weighted by molar-refractivity contribution is -0.139. The minimum Gasteiger partial charge on any atom is -0.481 e. The number of anilines is 1. The molecule has 5 nitrogen and oxygen atoms in total. The van der Waals surface area contributed by atoms with E-state index in [1.54, 1.807) is 0 Å². The Balaban J connectivity index is 1.75. The maximum Gasteiger partial charge on any atom is 0.303 e. The highest BCUT2D eigenvalue weighted by atomic mass is 79.9. The molecule has 19 heavy (non-hydrogen) atoms. The summed E-state index contributed by atoms with van der Waals surface area (Å²) in [6.45, 7) is 1.66. The summed E-state index contributed by atoms with van der Waals surface area (Å²) >= 11 is 3.37. The van der Waals surface area contributed by atoms with Crippen LogP contribution in [0.5, 0.6) is 0 Å². The number of likely N-dealkylation sites (tertiary alicyclic amines) is 1. The summed E-state index contributed by atoms with van der Waals surface area (Å²) < 4.78 is 0.843. The van der Waals surface area contributed by atoms with E-state index >= 15 is 0 Å². The van der Waals surface area contributed by atoms with E-state index < -0.39 is 5.97 Å². The van der Waals surface area contributed by atoms with Crippen LogP contribution in [-0.2, 0) is 9.59 Å². The molecule has 1 aromatic rings. The zero-order valence-corrected chi connectivity index (χ0v) is 11.9. The normalized spacial score (nSPS) is 15.8. The standard InChI is InChI=1S/C13H15BrN2O3/c14-10-3-1-2-4-11(10)15-12(17)8-16-6-9(7-16)5-13(18)19/h1-4,9H,5-8H2,(H,15,17)(H,18,19). The number of nitrogens with zero attached hydrogens (tertiary/aromatic N) is 1. The van der Waals surface area contributed by atoms with Crippen molar-refractivity contribution in [2.75, 3.05) is 25.0 Å². The number of benzene rings is 1. The highest BCUT2D eigenvalue weighted by Crippen LogP contribution is 2.22. The first-order valence-electron chi connectivity index (χ1n) is 6.03. The SMILES string of the molecule is O=C(O)CC1CN(CC(=O)Nc2ccccc2Br)C1. The molecule has 1 heterocycles. The van der Waals surface area contributed by atoms with Crippen LogP contribution in [0.4, 0.5) is 5.69 Å². The van der Waals surface area contributed by atoms with Crippen LogP contribution in [0.15, 0.2) is 28.7 Å². The van der Waals surface area contributed by atoms with Crippen LogP contribution in [0.25, 0.3) is 0 Å². The zero-order valence-electron chi connectivity index (χ0n) is 10.3. The first-order valence-corrected chi connectivity index (χ1v) is 6.82. The third-order valence-electron chi connectivity index (χ3n) is 3.01. The Morgan fingerprint density at radius 1 is 1.37 bits per heavy atom. The van der Waals surface area contributed by atoms with Crippen molar-refractivity contribution in [1.82, 2.24) is 4.90 Å². The fraction of sp³-hybridized carbons (Fsp3) is 0.385. The van der Waals surface area contributed by atoms with Crippen molar-refractivity contribution < 1.29 is 14.7 Å². The highest BCUT2D eigenvalue weighted by Gasteiger charge is 2.29. The number of para-hydroxylation sites is 1. The van der Waals surface area contributed by atoms with Gasteiger partial charge in [-0.2, -0.15) is 0 Å². The predicted octanol–water partition coefficient (Wildman–Crippen LogP) is 1.79. The summed E-state index contributed by atoms with van der Waals surface area (Å²) in [6.07, 6.45) is 0.183. The lowest BCUT2D eigenvalue weighted by atomic mass is 9.96. The molecular weight excluding hydrogens is 312 g/mol. The Labute approximate surface area is 119 Å². The van der Waals surface area contributed by atoms with Gasteiger partial charge in [0.15, 0.2) is 0 Å². The van der Waals surface area contributed by atoms with E-state index in [-0.39, 0.29) is 18.2 Å². The van der Waals surface area contributed by atoms with Gasteiger partial charge >= 0.3 is 5.97 Å². The molecule has 0 spiro atoms. The Morgan fingerprint density at radius 3 is 2.68 bits per heavy atom. The van der Waals surface area contributed by atoms with Crippen LogP contribution in [-0.4, -0.2) is 41.5 Å². The van der Waals surface area contributed by atoms with Crippen molar-refractivity contribution >= 4 is 33.5 Å². The molecule has 1 aliphatic heterocycles. The van der Waals surface area contributed by atoms with Crippen LogP contribution in [0.1, 0.15) is 6.42 Å². The van der Waals surface area contributed by atoms with Gasteiger partial charge in [-0.3, -0.25) is 14.5 Å². The molecule has 0 aromatic heterocycles. The highest BCUT2D eigenvalue weighted by molar-refractivity contribution is 9.10. The molecule has 1 aliphatic rings. The maximum atomic E-state index is 11.8. The number of aliphatic carboxylic acids is 1. The molecular formula is C13H15BrN2O3. The number of amides is 1. The van der Waals surface area contributed by atoms with Crippen molar-refractivity contribution in [3.05, 3.63) is 28.7 Å². The summed E-state index contributed by atoms with van der Waals surface area (Å²) in [7, 11) is 0. The van der Waals surface area contributed by atoms with Gasteiger partial charge in [-0.25, -0.2) is 0 Å². The fourth-order valence-corrected chi connectivity index (χ4v) is 2.52. The van der Waals surface area contributed by atoms with Crippen LogP contribution in [0.2, 0.25) is 0 Å². The zero-order chi connectivity index (χ0) is 13.8. The van der Waals surface area contributed by atoms with E-state index in [4.69, 9.17) is 5.11 Å². The molecule has 1 amide bonds. The predicted molar refractivity (Wildman–Crippen MR) is 75.0 cm³/mol. The van der Waals surface area contributed by atoms with Crippen LogP contribution < -0.4 is 5.32 Å². The number of nitrogens with one attached hydrogen (secondary N) is 1. The molecule has 6 heteroatoms. The van der Waals surface area contributed by atoms with Crippen LogP contribution in [0.3, 0.4) is 0 Å². The van der Waals surface area contributed by atoms with E-state index in [2.05, 4.69) is 21.2 Å².